The number of Topliss-reactive ketones (excluding diaryl/α,β-unsaturated/α-hetero) is 1. The highest BCUT2D eigenvalue weighted by Crippen LogP contribution is 2.30. The van der Waals surface area contributed by atoms with Gasteiger partial charge in [0.2, 0.25) is 10.0 Å². The first kappa shape index (κ1) is 33.1. The van der Waals surface area contributed by atoms with Gasteiger partial charge in [0.25, 0.3) is 5.91 Å². The van der Waals surface area contributed by atoms with Crippen molar-refractivity contribution in [2.24, 2.45) is 0 Å². The van der Waals surface area contributed by atoms with Crippen LogP contribution in [0.5, 0.6) is 11.5 Å². The van der Waals surface area contributed by atoms with Gasteiger partial charge in [-0.05, 0) is 37.5 Å². The van der Waals surface area contributed by atoms with Crippen LogP contribution in [0.25, 0.3) is 0 Å². The Morgan fingerprint density at radius 2 is 1.74 bits per heavy atom. The zero-order valence-corrected chi connectivity index (χ0v) is 25.8. The van der Waals surface area contributed by atoms with Crippen molar-refractivity contribution in [3.8, 4) is 11.5 Å². The van der Waals surface area contributed by atoms with Gasteiger partial charge in [0.15, 0.2) is 5.78 Å². The number of rotatable bonds is 16. The summed E-state index contributed by atoms with van der Waals surface area (Å²) >= 11 is 1.16. The number of likely N-dealkylation sites (N-methyl/N-ethyl adjacent to an activating group) is 1. The molecule has 1 atom stereocenters. The summed E-state index contributed by atoms with van der Waals surface area (Å²) in [6.07, 6.45) is 0.171. The van der Waals surface area contributed by atoms with Crippen LogP contribution in [0.1, 0.15) is 43.4 Å². The molecule has 0 aliphatic rings. The third-order valence-electron chi connectivity index (χ3n) is 6.65. The van der Waals surface area contributed by atoms with Crippen LogP contribution in [0, 0.1) is 6.92 Å². The van der Waals surface area contributed by atoms with Gasteiger partial charge in [-0.15, -0.1) is 11.3 Å². The first-order valence-corrected chi connectivity index (χ1v) is 15.7. The Morgan fingerprint density at radius 1 is 1.10 bits per heavy atom. The number of benzene rings is 2. The molecule has 2 aromatic carbocycles. The van der Waals surface area contributed by atoms with E-state index >= 15 is 0 Å². The summed E-state index contributed by atoms with van der Waals surface area (Å²) in [5, 5.41) is 20.5. The number of thiazole rings is 1. The predicted octanol–water partition coefficient (Wildman–Crippen LogP) is 2.54. The van der Waals surface area contributed by atoms with Crippen LogP contribution < -0.4 is 9.47 Å². The minimum atomic E-state index is -4.04. The number of nitrogens with zero attached hydrogens (tertiary/aromatic N) is 3. The maximum atomic E-state index is 13.8. The van der Waals surface area contributed by atoms with Crippen molar-refractivity contribution in [2.45, 2.75) is 32.4 Å². The summed E-state index contributed by atoms with van der Waals surface area (Å²) in [6.45, 7) is 1.40. The van der Waals surface area contributed by atoms with Gasteiger partial charge >= 0.3 is 0 Å². The van der Waals surface area contributed by atoms with Gasteiger partial charge in [-0.1, -0.05) is 30.3 Å². The molecule has 1 aromatic heterocycles. The van der Waals surface area contributed by atoms with Crippen LogP contribution in [-0.2, 0) is 23.0 Å². The number of ether oxygens (including phenoxy) is 2. The Labute approximate surface area is 250 Å². The Bertz CT molecular complexity index is 1440. The van der Waals surface area contributed by atoms with E-state index in [0.717, 1.165) is 33.2 Å². The first-order chi connectivity index (χ1) is 20.0. The summed E-state index contributed by atoms with van der Waals surface area (Å²) in [5.41, 5.74) is 2.26. The Balaban J connectivity index is 1.80. The number of amides is 1. The predicted molar refractivity (Wildman–Crippen MR) is 160 cm³/mol. The molecule has 3 rings (SSSR count). The Kier molecular flexibility index (Phi) is 12.0. The van der Waals surface area contributed by atoms with Crippen molar-refractivity contribution < 1.29 is 37.7 Å². The SMILES string of the molecule is COc1cc(C(=O)N(CCCc2ccccc2)Cc2nc(C(=O)CS(=O)(=O)N(C)CC(O)CO)cs2)cc(OC)c1C. The normalized spacial score (nSPS) is 12.3. The van der Waals surface area contributed by atoms with Gasteiger partial charge in [0.05, 0.1) is 33.5 Å². The smallest absolute Gasteiger partial charge is 0.254 e. The van der Waals surface area contributed by atoms with Gasteiger partial charge in [-0.25, -0.2) is 17.7 Å². The maximum Gasteiger partial charge on any atom is 0.254 e. The number of carbonyl (C=O) groups excluding carboxylic acids is 2. The minimum Gasteiger partial charge on any atom is -0.496 e. The summed E-state index contributed by atoms with van der Waals surface area (Å²) in [4.78, 5) is 32.5. The van der Waals surface area contributed by atoms with E-state index in [1.807, 2.05) is 37.3 Å². The van der Waals surface area contributed by atoms with Crippen LogP contribution in [0.15, 0.2) is 47.8 Å². The number of hydrogen-bond donors (Lipinski definition) is 2. The molecule has 0 radical (unpaired) electrons. The lowest BCUT2D eigenvalue weighted by atomic mass is 10.1. The van der Waals surface area contributed by atoms with Gasteiger partial charge in [-0.3, -0.25) is 9.59 Å². The van der Waals surface area contributed by atoms with E-state index in [-0.39, 0.29) is 24.7 Å². The van der Waals surface area contributed by atoms with Crippen LogP contribution in [0.3, 0.4) is 0 Å². The monoisotopic (exact) mass is 619 g/mol. The average Bonchev–Trinajstić information content (AvgIpc) is 3.45. The largest absolute Gasteiger partial charge is 0.496 e. The topological polar surface area (TPSA) is 147 Å². The molecule has 13 heteroatoms. The molecule has 42 heavy (non-hydrogen) atoms. The molecule has 2 N–H and O–H groups in total. The second kappa shape index (κ2) is 15.2. The van der Waals surface area contributed by atoms with E-state index < -0.39 is 34.3 Å². The number of carbonyl (C=O) groups is 2. The van der Waals surface area contributed by atoms with E-state index in [2.05, 4.69) is 4.98 Å². The van der Waals surface area contributed by atoms with Crippen molar-refractivity contribution in [1.29, 1.82) is 0 Å². The molecule has 0 spiro atoms. The third-order valence-corrected chi connectivity index (χ3v) is 9.21. The highest BCUT2D eigenvalue weighted by atomic mass is 32.2. The fraction of sp³-hybridized carbons (Fsp3) is 0.414. The van der Waals surface area contributed by atoms with Crippen molar-refractivity contribution >= 4 is 33.1 Å². The maximum absolute atomic E-state index is 13.8. The Hall–Kier alpha value is -3.36. The van der Waals surface area contributed by atoms with Crippen molar-refractivity contribution in [2.75, 3.05) is 46.7 Å². The summed E-state index contributed by atoms with van der Waals surface area (Å²) < 4.78 is 36.9. The summed E-state index contributed by atoms with van der Waals surface area (Å²) in [6, 6.07) is 13.2. The van der Waals surface area contributed by atoms with Crippen LogP contribution in [-0.4, -0.2) is 97.3 Å². The van der Waals surface area contributed by atoms with Crippen molar-refractivity contribution in [3.05, 3.63) is 75.2 Å². The molecule has 228 valence electrons. The lowest BCUT2D eigenvalue weighted by molar-refractivity contribution is 0.0740. The lowest BCUT2D eigenvalue weighted by Crippen LogP contribution is -2.38. The number of aryl methyl sites for hydroxylation is 1. The van der Waals surface area contributed by atoms with Gasteiger partial charge < -0.3 is 24.6 Å². The van der Waals surface area contributed by atoms with E-state index in [0.29, 0.717) is 35.0 Å². The van der Waals surface area contributed by atoms with E-state index in [1.54, 1.807) is 17.0 Å². The molecule has 0 aliphatic carbocycles. The van der Waals surface area contributed by atoms with Gasteiger partial charge in [0, 0.05) is 36.6 Å². The number of aliphatic hydroxyl groups excluding tert-OH is 2. The summed E-state index contributed by atoms with van der Waals surface area (Å²) in [5.74, 6) is -0.788. The molecule has 1 unspecified atom stereocenters. The zero-order valence-electron chi connectivity index (χ0n) is 24.1. The summed E-state index contributed by atoms with van der Waals surface area (Å²) in [7, 11) is 0.227. The molecular formula is C29H37N3O8S2. The third kappa shape index (κ3) is 8.82. The standard InChI is InChI=1S/C29H37N3O8S2/c1-20-26(39-3)13-22(14-27(20)40-4)29(36)32(12-8-11-21-9-6-5-7-10-21)16-28-30-24(18-41-28)25(35)19-42(37,38)31(2)15-23(34)17-33/h5-7,9-10,13-14,18,23,33-34H,8,11-12,15-17,19H2,1-4H3. The molecule has 11 nitrogen and oxygen atoms in total. The number of aliphatic hydroxyl groups is 2. The Morgan fingerprint density at radius 3 is 2.33 bits per heavy atom. The van der Waals surface area contributed by atoms with Crippen molar-refractivity contribution in [3.63, 3.8) is 0 Å². The molecule has 0 aliphatic heterocycles. The average molecular weight is 620 g/mol. The fourth-order valence-corrected chi connectivity index (χ4v) is 6.17. The quantitative estimate of drug-likeness (QED) is 0.231. The molecule has 0 saturated carbocycles. The van der Waals surface area contributed by atoms with Crippen LogP contribution in [0.4, 0.5) is 0 Å². The van der Waals surface area contributed by atoms with Crippen molar-refractivity contribution in [1.82, 2.24) is 14.2 Å². The van der Waals surface area contributed by atoms with E-state index in [1.165, 1.54) is 26.6 Å². The van der Waals surface area contributed by atoms with Crippen LogP contribution >= 0.6 is 11.3 Å². The molecule has 0 bridgehead atoms. The lowest BCUT2D eigenvalue weighted by Gasteiger charge is -2.23. The number of sulfonamides is 1. The highest BCUT2D eigenvalue weighted by Gasteiger charge is 2.27. The number of methoxy groups -OCH3 is 2. The van der Waals surface area contributed by atoms with Gasteiger partial charge in [0.1, 0.15) is 28.0 Å². The zero-order chi connectivity index (χ0) is 30.9. The molecule has 1 heterocycles. The molecular weight excluding hydrogens is 582 g/mol. The second-order valence-electron chi connectivity index (χ2n) is 9.74. The fourth-order valence-electron chi connectivity index (χ4n) is 4.26. The number of aromatic nitrogens is 1. The molecule has 0 saturated heterocycles. The number of ketones is 1. The van der Waals surface area contributed by atoms with E-state index in [4.69, 9.17) is 14.6 Å². The number of hydrogen-bond acceptors (Lipinski definition) is 10. The molecule has 0 fully saturated rings. The highest BCUT2D eigenvalue weighted by molar-refractivity contribution is 7.89. The van der Waals surface area contributed by atoms with Gasteiger partial charge in [-0.2, -0.15) is 0 Å². The molecule has 1 amide bonds. The first-order valence-electron chi connectivity index (χ1n) is 13.2. The second-order valence-corrected chi connectivity index (χ2v) is 12.8. The van der Waals surface area contributed by atoms with E-state index in [9.17, 15) is 23.1 Å². The van der Waals surface area contributed by atoms with Crippen LogP contribution in [0.2, 0.25) is 0 Å². The molecule has 3 aromatic rings. The minimum absolute atomic E-state index is 0.0231.